The Labute approximate surface area is 103 Å². The lowest BCUT2D eigenvalue weighted by Gasteiger charge is -2.07. The maximum absolute atomic E-state index is 13.2. The van der Waals surface area contributed by atoms with E-state index >= 15 is 0 Å². The van der Waals surface area contributed by atoms with Gasteiger partial charge >= 0.3 is 0 Å². The van der Waals surface area contributed by atoms with E-state index in [0.29, 0.717) is 12.4 Å². The van der Waals surface area contributed by atoms with Gasteiger partial charge in [0.05, 0.1) is 6.61 Å². The first kappa shape index (κ1) is 13.0. The van der Waals surface area contributed by atoms with Crippen molar-refractivity contribution in [2.45, 2.75) is 19.3 Å². The second kappa shape index (κ2) is 7.24. The van der Waals surface area contributed by atoms with Gasteiger partial charge in [-0.2, -0.15) is 5.26 Å². The van der Waals surface area contributed by atoms with Crippen molar-refractivity contribution in [3.05, 3.63) is 29.6 Å². The zero-order chi connectivity index (χ0) is 11.8. The number of alkyl halides is 1. The highest BCUT2D eigenvalue weighted by Crippen LogP contribution is 2.20. The molecule has 0 amide bonds. The molecule has 0 aromatic heterocycles. The summed E-state index contributed by atoms with van der Waals surface area (Å²) in [5.41, 5.74) is -0.0111. The van der Waals surface area contributed by atoms with E-state index in [2.05, 4.69) is 15.9 Å². The fourth-order valence-corrected chi connectivity index (χ4v) is 1.69. The summed E-state index contributed by atoms with van der Waals surface area (Å²) in [6.07, 6.45) is 3.06. The van der Waals surface area contributed by atoms with Gasteiger partial charge in [-0.15, -0.1) is 0 Å². The summed E-state index contributed by atoms with van der Waals surface area (Å²) in [5, 5.41) is 9.75. The third kappa shape index (κ3) is 3.82. The lowest BCUT2D eigenvalue weighted by molar-refractivity contribution is 0.304. The van der Waals surface area contributed by atoms with Crippen molar-refractivity contribution >= 4 is 15.9 Å². The Bertz CT molecular complexity index is 376. The van der Waals surface area contributed by atoms with E-state index in [1.807, 2.05) is 6.07 Å². The molecule has 1 rings (SSSR count). The Morgan fingerprint density at radius 2 is 2.12 bits per heavy atom. The topological polar surface area (TPSA) is 33.0 Å². The normalized spacial score (nSPS) is 9.81. The van der Waals surface area contributed by atoms with Gasteiger partial charge in [0.1, 0.15) is 23.2 Å². The van der Waals surface area contributed by atoms with Gasteiger partial charge < -0.3 is 4.74 Å². The van der Waals surface area contributed by atoms with E-state index < -0.39 is 5.82 Å². The zero-order valence-electron chi connectivity index (χ0n) is 8.88. The first-order valence-electron chi connectivity index (χ1n) is 5.17. The van der Waals surface area contributed by atoms with E-state index in [1.54, 1.807) is 12.1 Å². The Hall–Kier alpha value is -1.08. The SMILES string of the molecule is N#Cc1c(F)cccc1OCCCCCBr. The van der Waals surface area contributed by atoms with Gasteiger partial charge in [0, 0.05) is 5.33 Å². The van der Waals surface area contributed by atoms with Crippen LogP contribution in [0.4, 0.5) is 4.39 Å². The minimum atomic E-state index is -0.527. The van der Waals surface area contributed by atoms with Gasteiger partial charge in [-0.1, -0.05) is 22.0 Å². The molecule has 0 aliphatic carbocycles. The third-order valence-corrected chi connectivity index (χ3v) is 2.68. The van der Waals surface area contributed by atoms with Crippen molar-refractivity contribution in [3.8, 4) is 11.8 Å². The van der Waals surface area contributed by atoms with Crippen LogP contribution in [0.3, 0.4) is 0 Å². The average molecular weight is 286 g/mol. The van der Waals surface area contributed by atoms with Crippen LogP contribution in [-0.2, 0) is 0 Å². The van der Waals surface area contributed by atoms with Crippen LogP contribution in [0.25, 0.3) is 0 Å². The molecule has 0 radical (unpaired) electrons. The average Bonchev–Trinajstić information content (AvgIpc) is 2.29. The van der Waals surface area contributed by atoms with Crippen LogP contribution in [0.15, 0.2) is 18.2 Å². The molecule has 0 heterocycles. The molecular weight excluding hydrogens is 273 g/mol. The highest BCUT2D eigenvalue weighted by atomic mass is 79.9. The molecule has 0 bridgehead atoms. The lowest BCUT2D eigenvalue weighted by Crippen LogP contribution is -2.00. The summed E-state index contributed by atoms with van der Waals surface area (Å²) >= 11 is 3.35. The van der Waals surface area contributed by atoms with E-state index in [0.717, 1.165) is 24.6 Å². The Kier molecular flexibility index (Phi) is 5.87. The molecule has 1 aromatic carbocycles. The third-order valence-electron chi connectivity index (χ3n) is 2.12. The molecule has 0 aliphatic heterocycles. The summed E-state index contributed by atoms with van der Waals surface area (Å²) in [6.45, 7) is 0.519. The van der Waals surface area contributed by atoms with Crippen LogP contribution >= 0.6 is 15.9 Å². The van der Waals surface area contributed by atoms with Crippen LogP contribution in [0.5, 0.6) is 5.75 Å². The number of hydrogen-bond acceptors (Lipinski definition) is 2. The molecule has 0 aliphatic rings. The fraction of sp³-hybridized carbons (Fsp3) is 0.417. The van der Waals surface area contributed by atoms with Gasteiger partial charge in [0.15, 0.2) is 0 Å². The number of nitrogens with zero attached hydrogens (tertiary/aromatic N) is 1. The lowest BCUT2D eigenvalue weighted by atomic mass is 10.2. The minimum Gasteiger partial charge on any atom is -0.492 e. The second-order valence-electron chi connectivity index (χ2n) is 3.32. The molecule has 2 nitrogen and oxygen atoms in total. The summed E-state index contributed by atoms with van der Waals surface area (Å²) < 4.78 is 18.5. The molecule has 1 aromatic rings. The largest absolute Gasteiger partial charge is 0.492 e. The second-order valence-corrected chi connectivity index (χ2v) is 4.12. The molecular formula is C12H13BrFNO. The minimum absolute atomic E-state index is 0.0111. The van der Waals surface area contributed by atoms with Crippen molar-refractivity contribution in [1.29, 1.82) is 5.26 Å². The quantitative estimate of drug-likeness (QED) is 0.591. The van der Waals surface area contributed by atoms with Crippen LogP contribution in [0, 0.1) is 17.1 Å². The first-order chi connectivity index (χ1) is 7.79. The predicted octanol–water partition coefficient (Wildman–Crippen LogP) is 3.64. The summed E-state index contributed by atoms with van der Waals surface area (Å²) in [6, 6.07) is 6.23. The van der Waals surface area contributed by atoms with Crippen LogP contribution in [-0.4, -0.2) is 11.9 Å². The fourth-order valence-electron chi connectivity index (χ4n) is 1.29. The molecule has 0 spiro atoms. The van der Waals surface area contributed by atoms with Gasteiger partial charge in [-0.05, 0) is 31.4 Å². The van der Waals surface area contributed by atoms with E-state index in [-0.39, 0.29) is 5.56 Å². The van der Waals surface area contributed by atoms with Gasteiger partial charge in [0.2, 0.25) is 0 Å². The van der Waals surface area contributed by atoms with Crippen LogP contribution < -0.4 is 4.74 Å². The molecule has 0 unspecified atom stereocenters. The van der Waals surface area contributed by atoms with Crippen molar-refractivity contribution < 1.29 is 9.13 Å². The molecule has 0 saturated carbocycles. The van der Waals surface area contributed by atoms with Crippen molar-refractivity contribution in [2.24, 2.45) is 0 Å². The van der Waals surface area contributed by atoms with Gasteiger partial charge in [-0.25, -0.2) is 4.39 Å². The molecule has 4 heteroatoms. The maximum Gasteiger partial charge on any atom is 0.144 e. The van der Waals surface area contributed by atoms with E-state index in [9.17, 15) is 4.39 Å². The van der Waals surface area contributed by atoms with Crippen molar-refractivity contribution in [3.63, 3.8) is 0 Å². The summed E-state index contributed by atoms with van der Waals surface area (Å²) in [4.78, 5) is 0. The molecule has 0 atom stereocenters. The molecule has 0 N–H and O–H groups in total. The number of benzene rings is 1. The van der Waals surface area contributed by atoms with Crippen molar-refractivity contribution in [2.75, 3.05) is 11.9 Å². The monoisotopic (exact) mass is 285 g/mol. The summed E-state index contributed by atoms with van der Waals surface area (Å²) in [7, 11) is 0. The number of halogens is 2. The molecule has 16 heavy (non-hydrogen) atoms. The number of unbranched alkanes of at least 4 members (excludes halogenated alkanes) is 2. The highest BCUT2D eigenvalue weighted by molar-refractivity contribution is 9.09. The van der Waals surface area contributed by atoms with Crippen LogP contribution in [0.1, 0.15) is 24.8 Å². The van der Waals surface area contributed by atoms with Crippen molar-refractivity contribution in [1.82, 2.24) is 0 Å². The number of rotatable bonds is 6. The van der Waals surface area contributed by atoms with Crippen LogP contribution in [0.2, 0.25) is 0 Å². The standard InChI is InChI=1S/C12H13BrFNO/c13-7-2-1-3-8-16-12-6-4-5-11(14)10(12)9-15/h4-6H,1-3,7-8H2. The first-order valence-corrected chi connectivity index (χ1v) is 6.29. The zero-order valence-corrected chi connectivity index (χ0v) is 10.5. The van der Waals surface area contributed by atoms with E-state index in [4.69, 9.17) is 10.00 Å². The number of ether oxygens (including phenoxy) is 1. The Balaban J connectivity index is 2.48. The van der Waals surface area contributed by atoms with Gasteiger partial charge in [0.25, 0.3) is 0 Å². The Morgan fingerprint density at radius 3 is 2.81 bits per heavy atom. The number of nitriles is 1. The van der Waals surface area contributed by atoms with Gasteiger partial charge in [-0.3, -0.25) is 0 Å². The molecule has 0 fully saturated rings. The highest BCUT2D eigenvalue weighted by Gasteiger charge is 2.07. The molecule has 0 saturated heterocycles. The molecule has 86 valence electrons. The number of hydrogen-bond donors (Lipinski definition) is 0. The maximum atomic E-state index is 13.2. The Morgan fingerprint density at radius 1 is 1.31 bits per heavy atom. The predicted molar refractivity (Wildman–Crippen MR) is 64.3 cm³/mol. The smallest absolute Gasteiger partial charge is 0.144 e. The van der Waals surface area contributed by atoms with E-state index in [1.165, 1.54) is 6.07 Å². The summed E-state index contributed by atoms with van der Waals surface area (Å²) in [5.74, 6) is -0.193.